The first-order chi connectivity index (χ1) is 23.1. The smallest absolute Gasteiger partial charge is 0.322 e. The number of amides is 4. The van der Waals surface area contributed by atoms with Crippen molar-refractivity contribution in [1.29, 1.82) is 0 Å². The molecule has 0 spiro atoms. The van der Waals surface area contributed by atoms with E-state index in [-0.39, 0.29) is 48.5 Å². The fraction of sp³-hybridized carbons (Fsp3) is 0.643. The molecule has 1 fully saturated rings. The first-order valence-electron chi connectivity index (χ1n) is 15.3. The molecule has 2 rings (SSSR count). The van der Waals surface area contributed by atoms with E-state index in [0.717, 1.165) is 18.5 Å². The highest BCUT2D eigenvalue weighted by Gasteiger charge is 2.40. The van der Waals surface area contributed by atoms with Crippen LogP contribution in [0.1, 0.15) is 32.1 Å². The van der Waals surface area contributed by atoms with E-state index >= 15 is 0 Å². The van der Waals surface area contributed by atoms with E-state index in [1.54, 1.807) is 0 Å². The molecule has 19 nitrogen and oxygen atoms in total. The summed E-state index contributed by atoms with van der Waals surface area (Å²) in [6, 6.07) is -4.78. The van der Waals surface area contributed by atoms with Crippen LogP contribution in [0.15, 0.2) is 11.6 Å². The van der Waals surface area contributed by atoms with Crippen molar-refractivity contribution in [2.45, 2.75) is 67.6 Å². The Morgan fingerprint density at radius 1 is 0.796 bits per heavy atom. The van der Waals surface area contributed by atoms with E-state index in [0.29, 0.717) is 12.3 Å². The molecule has 2 aliphatic rings. The van der Waals surface area contributed by atoms with Gasteiger partial charge in [0.25, 0.3) is 0 Å². The molecule has 49 heavy (non-hydrogen) atoms. The van der Waals surface area contributed by atoms with Crippen LogP contribution in [0.5, 0.6) is 0 Å². The van der Waals surface area contributed by atoms with Crippen LogP contribution in [0.25, 0.3) is 0 Å². The summed E-state index contributed by atoms with van der Waals surface area (Å²) in [5.41, 5.74) is 11.9. The SMILES string of the molecule is N[C@@H](CCC(=O)N[C@@H](CSCC1=CCN2CC[C@H](SC[C@H](NC(=O)CC[C@H](N)C(=O)O)C(=O)NCC(=O)O)[C@@H]12)C(=O)NCC(=O)O)C(=O)O. The monoisotopic (exact) mass is 733 g/mol. The number of carboxylic acid groups (broad SMARTS) is 4. The number of carboxylic acids is 4. The molecule has 0 aromatic heterocycles. The fourth-order valence-corrected chi connectivity index (χ4v) is 7.57. The molecular weight excluding hydrogens is 690 g/mol. The van der Waals surface area contributed by atoms with Crippen LogP contribution in [0, 0.1) is 0 Å². The zero-order valence-electron chi connectivity index (χ0n) is 26.5. The lowest BCUT2D eigenvalue weighted by Gasteiger charge is -2.26. The zero-order valence-corrected chi connectivity index (χ0v) is 28.1. The van der Waals surface area contributed by atoms with Crippen molar-refractivity contribution in [3.8, 4) is 0 Å². The summed E-state index contributed by atoms with van der Waals surface area (Å²) < 4.78 is 0. The first-order valence-corrected chi connectivity index (χ1v) is 17.5. The lowest BCUT2D eigenvalue weighted by atomic mass is 10.1. The van der Waals surface area contributed by atoms with Crippen LogP contribution >= 0.6 is 23.5 Å². The van der Waals surface area contributed by atoms with Crippen molar-refractivity contribution >= 4 is 71.0 Å². The lowest BCUT2D eigenvalue weighted by molar-refractivity contribution is -0.140. The van der Waals surface area contributed by atoms with E-state index < -0.39 is 84.8 Å². The lowest BCUT2D eigenvalue weighted by Crippen LogP contribution is -2.50. The normalized spacial score (nSPS) is 19.3. The molecule has 12 N–H and O–H groups in total. The van der Waals surface area contributed by atoms with Crippen LogP contribution < -0.4 is 32.7 Å². The summed E-state index contributed by atoms with van der Waals surface area (Å²) in [6.45, 7) is 0.0860. The number of rotatable bonds is 23. The molecule has 6 atom stereocenters. The Balaban J connectivity index is 2.02. The van der Waals surface area contributed by atoms with E-state index in [9.17, 15) is 38.4 Å². The van der Waals surface area contributed by atoms with E-state index in [1.165, 1.54) is 23.5 Å². The molecule has 0 saturated carbocycles. The van der Waals surface area contributed by atoms with Gasteiger partial charge in [-0.1, -0.05) is 6.08 Å². The number of carbonyl (C=O) groups is 8. The van der Waals surface area contributed by atoms with E-state index in [2.05, 4.69) is 26.2 Å². The Kier molecular flexibility index (Phi) is 17.3. The number of nitrogens with two attached hydrogens (primary N) is 2. The molecule has 0 aromatic carbocycles. The predicted molar refractivity (Wildman–Crippen MR) is 176 cm³/mol. The van der Waals surface area contributed by atoms with Gasteiger partial charge in [0, 0.05) is 54.5 Å². The summed E-state index contributed by atoms with van der Waals surface area (Å²) in [6.07, 6.45) is 1.96. The van der Waals surface area contributed by atoms with Crippen LogP contribution in [-0.4, -0.2) is 152 Å². The summed E-state index contributed by atoms with van der Waals surface area (Å²) >= 11 is 2.74. The molecular formula is C28H43N7O12S2. The molecule has 2 heterocycles. The van der Waals surface area contributed by atoms with Gasteiger partial charge in [-0.05, 0) is 24.8 Å². The predicted octanol–water partition coefficient (Wildman–Crippen LogP) is -3.41. The van der Waals surface area contributed by atoms with Crippen LogP contribution in [0.4, 0.5) is 0 Å². The quantitative estimate of drug-likeness (QED) is 0.0457. The van der Waals surface area contributed by atoms with Crippen molar-refractivity contribution in [3.63, 3.8) is 0 Å². The zero-order chi connectivity index (χ0) is 36.7. The van der Waals surface area contributed by atoms with Gasteiger partial charge in [-0.25, -0.2) is 0 Å². The highest BCUT2D eigenvalue weighted by atomic mass is 32.2. The molecule has 0 bridgehead atoms. The molecule has 1 saturated heterocycles. The number of aliphatic carboxylic acids is 4. The average molecular weight is 734 g/mol. The summed E-state index contributed by atoms with van der Waals surface area (Å²) in [5.74, 6) is -7.14. The second kappa shape index (κ2) is 20.6. The largest absolute Gasteiger partial charge is 0.480 e. The van der Waals surface area contributed by atoms with Crippen molar-refractivity contribution in [1.82, 2.24) is 26.2 Å². The van der Waals surface area contributed by atoms with Gasteiger partial charge in [-0.2, -0.15) is 23.5 Å². The topological polar surface area (TPSA) is 321 Å². The molecule has 0 unspecified atom stereocenters. The molecule has 0 radical (unpaired) electrons. The fourth-order valence-electron chi connectivity index (χ4n) is 4.98. The second-order valence-corrected chi connectivity index (χ2v) is 13.6. The van der Waals surface area contributed by atoms with Gasteiger partial charge >= 0.3 is 23.9 Å². The Morgan fingerprint density at radius 2 is 1.29 bits per heavy atom. The number of thioether (sulfide) groups is 2. The Bertz CT molecular complexity index is 1290. The molecule has 0 aromatic rings. The highest BCUT2D eigenvalue weighted by Crippen LogP contribution is 2.37. The Labute approximate surface area is 289 Å². The van der Waals surface area contributed by atoms with Gasteiger partial charge in [0.1, 0.15) is 37.3 Å². The van der Waals surface area contributed by atoms with E-state index in [1.807, 2.05) is 6.08 Å². The second-order valence-electron chi connectivity index (χ2n) is 11.3. The summed E-state index contributed by atoms with van der Waals surface area (Å²) in [4.78, 5) is 96.5. The maximum Gasteiger partial charge on any atom is 0.322 e. The van der Waals surface area contributed by atoms with Crippen LogP contribution in [0.2, 0.25) is 0 Å². The van der Waals surface area contributed by atoms with Gasteiger partial charge < -0.3 is 53.2 Å². The minimum absolute atomic E-state index is 0.0192. The van der Waals surface area contributed by atoms with Gasteiger partial charge in [-0.15, -0.1) is 0 Å². The van der Waals surface area contributed by atoms with Crippen molar-refractivity contribution in [3.05, 3.63) is 11.6 Å². The van der Waals surface area contributed by atoms with Crippen molar-refractivity contribution in [2.24, 2.45) is 11.5 Å². The molecule has 21 heteroatoms. The van der Waals surface area contributed by atoms with Gasteiger partial charge in [0.2, 0.25) is 23.6 Å². The standard InChI is InChI=1S/C28H43N7O12S2/c29-15(27(44)45)1-3-20(36)33-17(25(42)31-9-22(38)39)12-48-11-14-5-7-35-8-6-19(24(14)35)49-13-18(26(43)32-10-23(40)41)34-21(37)4-2-16(30)28(46)47/h5,15-19,24H,1-4,6-13,29-30H2,(H,31,42)(H,32,43)(H,33,36)(H,34,37)(H,38,39)(H,40,41)(H,44,45)(H,46,47)/t15-,16-,17-,18-,19-,24+/m0/s1. The molecule has 2 aliphatic heterocycles. The van der Waals surface area contributed by atoms with Crippen LogP contribution in [0.3, 0.4) is 0 Å². The molecule has 274 valence electrons. The third kappa shape index (κ3) is 14.6. The van der Waals surface area contributed by atoms with Gasteiger partial charge in [-0.3, -0.25) is 43.3 Å². The van der Waals surface area contributed by atoms with Gasteiger partial charge in [0.15, 0.2) is 0 Å². The summed E-state index contributed by atoms with van der Waals surface area (Å²) in [7, 11) is 0. The van der Waals surface area contributed by atoms with E-state index in [4.69, 9.17) is 31.9 Å². The summed E-state index contributed by atoms with van der Waals surface area (Å²) in [5, 5.41) is 45.3. The Hall–Kier alpha value is -3.92. The first kappa shape index (κ1) is 41.3. The number of nitrogens with zero attached hydrogens (tertiary/aromatic N) is 1. The van der Waals surface area contributed by atoms with Gasteiger partial charge in [0.05, 0.1) is 0 Å². The number of hydrogen-bond acceptors (Lipinski definition) is 13. The van der Waals surface area contributed by atoms with Crippen LogP contribution in [-0.2, 0) is 38.4 Å². The Morgan fingerprint density at radius 3 is 1.76 bits per heavy atom. The number of fused-ring (bicyclic) bond motifs is 1. The number of carbonyl (C=O) groups excluding carboxylic acids is 4. The number of hydrogen-bond donors (Lipinski definition) is 10. The minimum atomic E-state index is -1.28. The molecule has 0 aliphatic carbocycles. The maximum absolute atomic E-state index is 12.8. The number of nitrogens with one attached hydrogen (secondary N) is 4. The van der Waals surface area contributed by atoms with Crippen molar-refractivity contribution < 1.29 is 58.8 Å². The van der Waals surface area contributed by atoms with Crippen molar-refractivity contribution in [2.75, 3.05) is 43.4 Å². The molecule has 4 amide bonds. The third-order valence-electron chi connectivity index (χ3n) is 7.57. The minimum Gasteiger partial charge on any atom is -0.480 e. The maximum atomic E-state index is 12.8. The highest BCUT2D eigenvalue weighted by molar-refractivity contribution is 8.00. The average Bonchev–Trinajstić information content (AvgIpc) is 3.64. The third-order valence-corrected chi connectivity index (χ3v) is 10.1.